The Morgan fingerprint density at radius 3 is 2.80 bits per heavy atom. The summed E-state index contributed by atoms with van der Waals surface area (Å²) in [5.41, 5.74) is 12.6. The van der Waals surface area contributed by atoms with Crippen molar-refractivity contribution in [3.05, 3.63) is 38.4 Å². The van der Waals surface area contributed by atoms with Crippen molar-refractivity contribution in [1.29, 1.82) is 0 Å². The largest absolute Gasteiger partial charge is 0.390 e. The van der Waals surface area contributed by atoms with Gasteiger partial charge in [0, 0.05) is 11.4 Å². The molecule has 0 aromatic carbocycles. The highest BCUT2D eigenvalue weighted by molar-refractivity contribution is 7.16. The van der Waals surface area contributed by atoms with Crippen LogP contribution in [0.4, 0.5) is 5.00 Å². The summed E-state index contributed by atoms with van der Waals surface area (Å²) in [5, 5.41) is 2.34. The Hall–Kier alpha value is -1.86. The highest BCUT2D eigenvalue weighted by Gasteiger charge is 2.28. The number of nitrogen functional groups attached to an aromatic ring is 1. The molecule has 0 saturated carbocycles. The van der Waals surface area contributed by atoms with E-state index in [0.717, 1.165) is 15.3 Å². The van der Waals surface area contributed by atoms with Gasteiger partial charge in [0.05, 0.1) is 22.0 Å². The molecule has 4 N–H and O–H groups in total. The maximum absolute atomic E-state index is 12.3. The van der Waals surface area contributed by atoms with Gasteiger partial charge < -0.3 is 16.4 Å². The molecule has 2 aromatic rings. The minimum atomic E-state index is -0.488. The lowest BCUT2D eigenvalue weighted by Crippen LogP contribution is -2.35. The number of nitrogens with zero attached hydrogens (tertiary/aromatic N) is 1. The van der Waals surface area contributed by atoms with Crippen LogP contribution >= 0.6 is 22.7 Å². The lowest BCUT2D eigenvalue weighted by molar-refractivity contribution is 0.0742. The fourth-order valence-electron chi connectivity index (χ4n) is 2.42. The molecular weight excluding hydrogens is 294 g/mol. The Morgan fingerprint density at radius 2 is 2.15 bits per heavy atom. The number of fused-ring (bicyclic) bond motifs is 1. The van der Waals surface area contributed by atoms with E-state index in [1.54, 1.807) is 4.90 Å². The molecule has 7 heteroatoms. The summed E-state index contributed by atoms with van der Waals surface area (Å²) >= 11 is 2.78. The van der Waals surface area contributed by atoms with Gasteiger partial charge in [0.1, 0.15) is 0 Å². The van der Waals surface area contributed by atoms with E-state index in [1.165, 1.54) is 22.7 Å². The van der Waals surface area contributed by atoms with Crippen molar-refractivity contribution >= 4 is 39.5 Å². The molecule has 3 rings (SSSR count). The molecule has 5 nitrogen and oxygen atoms in total. The average molecular weight is 307 g/mol. The van der Waals surface area contributed by atoms with E-state index >= 15 is 0 Å². The van der Waals surface area contributed by atoms with Crippen LogP contribution in [-0.2, 0) is 13.0 Å². The topological polar surface area (TPSA) is 89.4 Å². The van der Waals surface area contributed by atoms with E-state index in [2.05, 4.69) is 0 Å². The Labute approximate surface area is 123 Å². The van der Waals surface area contributed by atoms with E-state index in [9.17, 15) is 9.59 Å². The van der Waals surface area contributed by atoms with Crippen LogP contribution in [-0.4, -0.2) is 23.3 Å². The molecule has 0 unspecified atom stereocenters. The Kier molecular flexibility index (Phi) is 3.23. The molecule has 0 atom stereocenters. The van der Waals surface area contributed by atoms with Crippen molar-refractivity contribution in [1.82, 2.24) is 4.90 Å². The minimum absolute atomic E-state index is 0.0262. The van der Waals surface area contributed by atoms with Crippen molar-refractivity contribution in [2.24, 2.45) is 5.73 Å². The number of carbonyl (C=O) groups is 2. The van der Waals surface area contributed by atoms with Crippen LogP contribution in [0.15, 0.2) is 17.5 Å². The molecule has 0 saturated heterocycles. The quantitative estimate of drug-likeness (QED) is 0.884. The molecule has 3 heterocycles. The highest BCUT2D eigenvalue weighted by Crippen LogP contribution is 2.35. The van der Waals surface area contributed by atoms with Crippen LogP contribution in [0.25, 0.3) is 0 Å². The number of amides is 2. The van der Waals surface area contributed by atoms with Gasteiger partial charge in [-0.05, 0) is 23.4 Å². The first-order valence-corrected chi connectivity index (χ1v) is 7.80. The number of anilines is 1. The van der Waals surface area contributed by atoms with E-state index < -0.39 is 5.91 Å². The van der Waals surface area contributed by atoms with E-state index in [-0.39, 0.29) is 5.91 Å². The SMILES string of the molecule is NC(=O)c1c(N)sc2c1CCN(C(=O)c1cccs1)C2. The second kappa shape index (κ2) is 4.92. The number of hydrogen-bond donors (Lipinski definition) is 2. The van der Waals surface area contributed by atoms with Crippen LogP contribution in [0.1, 0.15) is 30.5 Å². The molecule has 0 spiro atoms. The fourth-order valence-corrected chi connectivity index (χ4v) is 4.25. The summed E-state index contributed by atoms with van der Waals surface area (Å²) in [5.74, 6) is -0.462. The zero-order valence-corrected chi connectivity index (χ0v) is 12.2. The summed E-state index contributed by atoms with van der Waals surface area (Å²) in [7, 11) is 0. The van der Waals surface area contributed by atoms with E-state index in [0.29, 0.717) is 30.1 Å². The van der Waals surface area contributed by atoms with E-state index in [1.807, 2.05) is 17.5 Å². The lowest BCUT2D eigenvalue weighted by atomic mass is 10.0. The second-order valence-electron chi connectivity index (χ2n) is 4.56. The predicted molar refractivity (Wildman–Crippen MR) is 80.0 cm³/mol. The standard InChI is InChI=1S/C13H13N3O2S2/c14-11(17)10-7-3-4-16(6-9(7)20-12(10)15)13(18)8-2-1-5-19-8/h1-2,5H,3-4,6,15H2,(H2,14,17). The molecule has 2 amide bonds. The van der Waals surface area contributed by atoms with Crippen molar-refractivity contribution in [3.63, 3.8) is 0 Å². The van der Waals surface area contributed by atoms with Gasteiger partial charge in [-0.25, -0.2) is 0 Å². The molecular formula is C13H13N3O2S2. The summed E-state index contributed by atoms with van der Waals surface area (Å²) in [6.45, 7) is 1.08. The zero-order valence-electron chi connectivity index (χ0n) is 10.6. The van der Waals surface area contributed by atoms with Crippen molar-refractivity contribution < 1.29 is 9.59 Å². The van der Waals surface area contributed by atoms with Crippen LogP contribution in [0.3, 0.4) is 0 Å². The predicted octanol–water partition coefficient (Wildman–Crippen LogP) is 1.69. The summed E-state index contributed by atoms with van der Waals surface area (Å²) in [4.78, 5) is 27.2. The molecule has 0 bridgehead atoms. The summed E-state index contributed by atoms with van der Waals surface area (Å²) in [6.07, 6.45) is 0.623. The third-order valence-corrected chi connectivity index (χ3v) is 5.25. The molecule has 1 aliphatic heterocycles. The molecule has 104 valence electrons. The first kappa shape index (κ1) is 13.1. The molecule has 2 aromatic heterocycles. The van der Waals surface area contributed by atoms with Gasteiger partial charge in [0.15, 0.2) is 0 Å². The van der Waals surface area contributed by atoms with Crippen LogP contribution in [0.5, 0.6) is 0 Å². The van der Waals surface area contributed by atoms with Crippen LogP contribution < -0.4 is 11.5 Å². The van der Waals surface area contributed by atoms with Crippen LogP contribution in [0, 0.1) is 0 Å². The third-order valence-electron chi connectivity index (χ3n) is 3.35. The van der Waals surface area contributed by atoms with Gasteiger partial charge in [0.2, 0.25) is 0 Å². The van der Waals surface area contributed by atoms with Crippen molar-refractivity contribution in [2.75, 3.05) is 12.3 Å². The van der Waals surface area contributed by atoms with Gasteiger partial charge in [-0.1, -0.05) is 6.07 Å². The molecule has 0 fully saturated rings. The second-order valence-corrected chi connectivity index (χ2v) is 6.65. The first-order chi connectivity index (χ1) is 9.58. The van der Waals surface area contributed by atoms with Gasteiger partial charge in [-0.3, -0.25) is 9.59 Å². The van der Waals surface area contributed by atoms with Gasteiger partial charge in [0.25, 0.3) is 11.8 Å². The lowest BCUT2D eigenvalue weighted by Gasteiger charge is -2.26. The van der Waals surface area contributed by atoms with Crippen molar-refractivity contribution in [3.8, 4) is 0 Å². The number of primary amides is 1. The highest BCUT2D eigenvalue weighted by atomic mass is 32.1. The Bertz CT molecular complexity index is 676. The number of rotatable bonds is 2. The van der Waals surface area contributed by atoms with Gasteiger partial charge in [-0.15, -0.1) is 22.7 Å². The van der Waals surface area contributed by atoms with E-state index in [4.69, 9.17) is 11.5 Å². The number of thiophene rings is 2. The Balaban J connectivity index is 1.88. The zero-order chi connectivity index (χ0) is 14.3. The molecule has 0 aliphatic carbocycles. The van der Waals surface area contributed by atoms with Gasteiger partial charge in [-0.2, -0.15) is 0 Å². The minimum Gasteiger partial charge on any atom is -0.390 e. The van der Waals surface area contributed by atoms with Crippen molar-refractivity contribution in [2.45, 2.75) is 13.0 Å². The molecule has 1 aliphatic rings. The number of carbonyl (C=O) groups excluding carboxylic acids is 2. The fraction of sp³-hybridized carbons (Fsp3) is 0.231. The first-order valence-electron chi connectivity index (χ1n) is 6.10. The average Bonchev–Trinajstić information content (AvgIpc) is 3.02. The maximum Gasteiger partial charge on any atom is 0.264 e. The van der Waals surface area contributed by atoms with Crippen LogP contribution in [0.2, 0.25) is 0 Å². The molecule has 0 radical (unpaired) electrons. The van der Waals surface area contributed by atoms with Gasteiger partial charge >= 0.3 is 0 Å². The number of hydrogen-bond acceptors (Lipinski definition) is 5. The maximum atomic E-state index is 12.3. The summed E-state index contributed by atoms with van der Waals surface area (Å²) < 4.78 is 0. The number of nitrogens with two attached hydrogens (primary N) is 2. The molecule has 20 heavy (non-hydrogen) atoms. The normalized spacial score (nSPS) is 14.1. The third kappa shape index (κ3) is 2.08. The smallest absolute Gasteiger partial charge is 0.264 e. The summed E-state index contributed by atoms with van der Waals surface area (Å²) in [6, 6.07) is 3.68. The monoisotopic (exact) mass is 307 g/mol. The Morgan fingerprint density at radius 1 is 1.35 bits per heavy atom.